The zero-order valence-electron chi connectivity index (χ0n) is 11.9. The summed E-state index contributed by atoms with van der Waals surface area (Å²) < 4.78 is 39.8. The fourth-order valence-electron chi connectivity index (χ4n) is 1.99. The van der Waals surface area contributed by atoms with Gasteiger partial charge in [0.1, 0.15) is 10.7 Å². The van der Waals surface area contributed by atoms with Gasteiger partial charge < -0.3 is 5.32 Å². The molecule has 0 unspecified atom stereocenters. The highest BCUT2D eigenvalue weighted by Crippen LogP contribution is 2.27. The number of hydrogen-bond acceptors (Lipinski definition) is 3. The predicted octanol–water partition coefficient (Wildman–Crippen LogP) is 3.08. The normalized spacial score (nSPS) is 11.2. The summed E-state index contributed by atoms with van der Waals surface area (Å²) >= 11 is 0. The molecule has 0 heterocycles. The third-order valence-corrected chi connectivity index (χ3v) is 4.91. The molecule has 0 radical (unpaired) electrons. The number of hydrogen-bond donors (Lipinski definition) is 1. The van der Waals surface area contributed by atoms with Gasteiger partial charge in [-0.1, -0.05) is 18.2 Å². The van der Waals surface area contributed by atoms with Gasteiger partial charge in [0.25, 0.3) is 10.0 Å². The molecule has 0 aliphatic rings. The van der Waals surface area contributed by atoms with Crippen molar-refractivity contribution in [3.8, 4) is 0 Å². The van der Waals surface area contributed by atoms with E-state index in [0.717, 1.165) is 4.31 Å². The topological polar surface area (TPSA) is 49.4 Å². The van der Waals surface area contributed by atoms with Crippen molar-refractivity contribution in [2.45, 2.75) is 11.8 Å². The minimum Gasteiger partial charge on any atom is -0.384 e. The number of nitrogens with zero attached hydrogens (tertiary/aromatic N) is 1. The summed E-state index contributed by atoms with van der Waals surface area (Å²) in [6, 6.07) is 12.2. The van der Waals surface area contributed by atoms with Gasteiger partial charge in [-0.15, -0.1) is 0 Å². The van der Waals surface area contributed by atoms with E-state index in [9.17, 15) is 12.8 Å². The largest absolute Gasteiger partial charge is 0.384 e. The van der Waals surface area contributed by atoms with Crippen molar-refractivity contribution in [1.29, 1.82) is 0 Å². The first-order valence-electron chi connectivity index (χ1n) is 6.54. The predicted molar refractivity (Wildman–Crippen MR) is 82.6 cm³/mol. The molecule has 2 rings (SSSR count). The Morgan fingerprint density at radius 2 is 1.86 bits per heavy atom. The summed E-state index contributed by atoms with van der Waals surface area (Å²) in [5.74, 6) is -0.477. The maximum absolute atomic E-state index is 13.3. The first kappa shape index (κ1) is 15.3. The SMILES string of the molecule is CCNc1ccccc1S(=O)(=O)N(C)c1cccc(F)c1. The quantitative estimate of drug-likeness (QED) is 0.923. The van der Waals surface area contributed by atoms with Crippen molar-refractivity contribution < 1.29 is 12.8 Å². The Morgan fingerprint density at radius 3 is 2.52 bits per heavy atom. The van der Waals surface area contributed by atoms with Gasteiger partial charge >= 0.3 is 0 Å². The zero-order chi connectivity index (χ0) is 15.5. The summed E-state index contributed by atoms with van der Waals surface area (Å²) in [5.41, 5.74) is 0.810. The smallest absolute Gasteiger partial charge is 0.266 e. The van der Waals surface area contributed by atoms with Crippen molar-refractivity contribution in [2.75, 3.05) is 23.2 Å². The molecule has 2 aromatic rings. The molecule has 0 fully saturated rings. The van der Waals surface area contributed by atoms with Crippen LogP contribution in [-0.2, 0) is 10.0 Å². The van der Waals surface area contributed by atoms with E-state index < -0.39 is 15.8 Å². The summed E-state index contributed by atoms with van der Waals surface area (Å²) in [6.45, 7) is 2.50. The molecule has 0 saturated heterocycles. The van der Waals surface area contributed by atoms with E-state index in [1.165, 1.54) is 31.3 Å². The van der Waals surface area contributed by atoms with E-state index >= 15 is 0 Å². The van der Waals surface area contributed by atoms with Crippen molar-refractivity contribution in [1.82, 2.24) is 0 Å². The Kier molecular flexibility index (Phi) is 4.47. The molecule has 0 aliphatic carbocycles. The zero-order valence-corrected chi connectivity index (χ0v) is 12.7. The van der Waals surface area contributed by atoms with Crippen LogP contribution in [0.5, 0.6) is 0 Å². The highest BCUT2D eigenvalue weighted by molar-refractivity contribution is 7.93. The second-order valence-electron chi connectivity index (χ2n) is 4.48. The standard InChI is InChI=1S/C15H17FN2O2S/c1-3-17-14-9-4-5-10-15(14)21(19,20)18(2)13-8-6-7-12(16)11-13/h4-11,17H,3H2,1-2H3. The van der Waals surface area contributed by atoms with Crippen LogP contribution in [-0.4, -0.2) is 22.0 Å². The minimum atomic E-state index is -3.76. The number of rotatable bonds is 5. The van der Waals surface area contributed by atoms with Crippen molar-refractivity contribution in [3.05, 3.63) is 54.3 Å². The Hall–Kier alpha value is -2.08. The van der Waals surface area contributed by atoms with Crippen LogP contribution in [0.1, 0.15) is 6.92 Å². The maximum atomic E-state index is 13.3. The maximum Gasteiger partial charge on any atom is 0.266 e. The Balaban J connectivity index is 2.47. The molecule has 0 spiro atoms. The van der Waals surface area contributed by atoms with Crippen LogP contribution in [0.4, 0.5) is 15.8 Å². The van der Waals surface area contributed by atoms with Gasteiger partial charge in [0.05, 0.1) is 11.4 Å². The number of sulfonamides is 1. The molecule has 0 bridgehead atoms. The lowest BCUT2D eigenvalue weighted by atomic mass is 10.3. The first-order chi connectivity index (χ1) is 9.96. The van der Waals surface area contributed by atoms with Crippen LogP contribution in [0.2, 0.25) is 0 Å². The molecule has 0 aliphatic heterocycles. The van der Waals surface area contributed by atoms with E-state index in [1.54, 1.807) is 24.3 Å². The Bertz CT molecular complexity index is 732. The molecule has 21 heavy (non-hydrogen) atoms. The van der Waals surface area contributed by atoms with Gasteiger partial charge in [-0.2, -0.15) is 0 Å². The summed E-state index contributed by atoms with van der Waals surface area (Å²) in [5, 5.41) is 3.02. The highest BCUT2D eigenvalue weighted by Gasteiger charge is 2.24. The lowest BCUT2D eigenvalue weighted by Gasteiger charge is -2.21. The molecule has 0 atom stereocenters. The number of halogens is 1. The number of anilines is 2. The summed E-state index contributed by atoms with van der Waals surface area (Å²) in [7, 11) is -2.35. The highest BCUT2D eigenvalue weighted by atomic mass is 32.2. The van der Waals surface area contributed by atoms with Crippen molar-refractivity contribution in [2.24, 2.45) is 0 Å². The first-order valence-corrected chi connectivity index (χ1v) is 7.98. The molecule has 1 N–H and O–H groups in total. The minimum absolute atomic E-state index is 0.165. The summed E-state index contributed by atoms with van der Waals surface area (Å²) in [4.78, 5) is 0.165. The van der Waals surface area contributed by atoms with Gasteiger partial charge in [-0.25, -0.2) is 12.8 Å². The summed E-state index contributed by atoms with van der Waals surface area (Å²) in [6.07, 6.45) is 0. The fourth-order valence-corrected chi connectivity index (χ4v) is 3.34. The lowest BCUT2D eigenvalue weighted by Crippen LogP contribution is -2.27. The average molecular weight is 308 g/mol. The number of para-hydroxylation sites is 1. The Labute approximate surface area is 124 Å². The Morgan fingerprint density at radius 1 is 1.14 bits per heavy atom. The van der Waals surface area contributed by atoms with Gasteiger partial charge in [-0.3, -0.25) is 4.31 Å². The van der Waals surface area contributed by atoms with E-state index in [4.69, 9.17) is 0 Å². The van der Waals surface area contributed by atoms with Crippen LogP contribution < -0.4 is 9.62 Å². The van der Waals surface area contributed by atoms with Gasteiger partial charge in [0.2, 0.25) is 0 Å². The molecule has 2 aromatic carbocycles. The lowest BCUT2D eigenvalue weighted by molar-refractivity contribution is 0.594. The fraction of sp³-hybridized carbons (Fsp3) is 0.200. The van der Waals surface area contributed by atoms with Gasteiger partial charge in [0.15, 0.2) is 0 Å². The van der Waals surface area contributed by atoms with Crippen molar-refractivity contribution in [3.63, 3.8) is 0 Å². The molecule has 6 heteroatoms. The van der Waals surface area contributed by atoms with Gasteiger partial charge in [-0.05, 0) is 37.3 Å². The molecular weight excluding hydrogens is 291 g/mol. The van der Waals surface area contributed by atoms with E-state index in [1.807, 2.05) is 6.92 Å². The third kappa shape index (κ3) is 3.16. The molecule has 4 nitrogen and oxygen atoms in total. The van der Waals surface area contributed by atoms with Crippen LogP contribution in [0.25, 0.3) is 0 Å². The van der Waals surface area contributed by atoms with Crippen LogP contribution in [0.3, 0.4) is 0 Å². The monoisotopic (exact) mass is 308 g/mol. The van der Waals surface area contributed by atoms with E-state index in [-0.39, 0.29) is 10.6 Å². The number of benzene rings is 2. The average Bonchev–Trinajstić information content (AvgIpc) is 2.47. The molecule has 0 saturated carbocycles. The second-order valence-corrected chi connectivity index (χ2v) is 6.42. The van der Waals surface area contributed by atoms with Crippen LogP contribution >= 0.6 is 0 Å². The van der Waals surface area contributed by atoms with E-state index in [2.05, 4.69) is 5.32 Å². The number of nitrogens with one attached hydrogen (secondary N) is 1. The second kappa shape index (κ2) is 6.13. The van der Waals surface area contributed by atoms with Crippen molar-refractivity contribution >= 4 is 21.4 Å². The third-order valence-electron chi connectivity index (χ3n) is 3.06. The molecule has 112 valence electrons. The van der Waals surface area contributed by atoms with Crippen LogP contribution in [0.15, 0.2) is 53.4 Å². The molecular formula is C15H17FN2O2S. The molecule has 0 amide bonds. The van der Waals surface area contributed by atoms with Crippen LogP contribution in [0, 0.1) is 5.82 Å². The van der Waals surface area contributed by atoms with Gasteiger partial charge in [0, 0.05) is 13.6 Å². The van der Waals surface area contributed by atoms with E-state index in [0.29, 0.717) is 12.2 Å². The molecule has 0 aromatic heterocycles.